The zero-order valence-corrected chi connectivity index (χ0v) is 7.80. The Morgan fingerprint density at radius 2 is 2.09 bits per heavy atom. The first kappa shape index (κ1) is 10.9. The van der Waals surface area contributed by atoms with Gasteiger partial charge in [-0.2, -0.15) is 0 Å². The second-order valence-electron chi connectivity index (χ2n) is 1.61. The molecule has 0 saturated heterocycles. The lowest BCUT2D eigenvalue weighted by molar-refractivity contribution is 0.278. The summed E-state index contributed by atoms with van der Waals surface area (Å²) >= 11 is 5.27. The highest BCUT2D eigenvalue weighted by Gasteiger charge is 2.23. The minimum absolute atomic E-state index is 0.211. The van der Waals surface area contributed by atoms with Crippen LogP contribution in [0.1, 0.15) is 0 Å². The number of oxime groups is 1. The Morgan fingerprint density at radius 1 is 1.64 bits per heavy atom. The molecule has 0 aliphatic rings. The largest absolute Gasteiger partial charge is 0.410 e. The van der Waals surface area contributed by atoms with Gasteiger partial charge in [-0.1, -0.05) is 16.8 Å². The zero-order chi connectivity index (χ0) is 8.91. The Hall–Kier alpha value is -0.0900. The van der Waals surface area contributed by atoms with Crippen molar-refractivity contribution in [2.24, 2.45) is 5.16 Å². The molecule has 11 heavy (non-hydrogen) atoms. The standard InChI is InChI=1S/C4H9ClNO4P/c1-9-11(8,10-2)3-4(5)6-7/h7H,3H2,1-2H3/b6-4-. The summed E-state index contributed by atoms with van der Waals surface area (Å²) in [5, 5.41) is 10.5. The van der Waals surface area contributed by atoms with Gasteiger partial charge in [0.25, 0.3) is 0 Å². The fourth-order valence-electron chi connectivity index (χ4n) is 0.395. The van der Waals surface area contributed by atoms with Crippen molar-refractivity contribution in [2.45, 2.75) is 0 Å². The van der Waals surface area contributed by atoms with Crippen molar-refractivity contribution >= 4 is 24.4 Å². The van der Waals surface area contributed by atoms with Gasteiger partial charge in [0.05, 0.1) is 0 Å². The Balaban J connectivity index is 4.20. The topological polar surface area (TPSA) is 68.1 Å². The van der Waals surface area contributed by atoms with Gasteiger partial charge >= 0.3 is 7.60 Å². The molecule has 0 radical (unpaired) electrons. The van der Waals surface area contributed by atoms with E-state index >= 15 is 0 Å². The van der Waals surface area contributed by atoms with Gasteiger partial charge in [-0.05, 0) is 0 Å². The summed E-state index contributed by atoms with van der Waals surface area (Å²) in [6.07, 6.45) is -0.224. The monoisotopic (exact) mass is 201 g/mol. The minimum Gasteiger partial charge on any atom is -0.410 e. The van der Waals surface area contributed by atoms with Crippen molar-refractivity contribution in [1.82, 2.24) is 0 Å². The average molecular weight is 202 g/mol. The summed E-state index contributed by atoms with van der Waals surface area (Å²) in [6.45, 7) is 0. The molecule has 0 aromatic rings. The molecule has 0 heterocycles. The van der Waals surface area contributed by atoms with Crippen molar-refractivity contribution in [3.05, 3.63) is 0 Å². The first-order valence-corrected chi connectivity index (χ1v) is 4.75. The summed E-state index contributed by atoms with van der Waals surface area (Å²) in [4.78, 5) is 0. The van der Waals surface area contributed by atoms with Gasteiger partial charge in [0.15, 0.2) is 5.17 Å². The van der Waals surface area contributed by atoms with Crippen molar-refractivity contribution in [3.8, 4) is 0 Å². The minimum atomic E-state index is -3.18. The van der Waals surface area contributed by atoms with Gasteiger partial charge in [-0.15, -0.1) is 0 Å². The molecule has 5 nitrogen and oxygen atoms in total. The molecule has 0 amide bonds. The van der Waals surface area contributed by atoms with Gasteiger partial charge in [-0.3, -0.25) is 4.57 Å². The molecule has 0 fully saturated rings. The van der Waals surface area contributed by atoms with Crippen molar-refractivity contribution < 1.29 is 18.8 Å². The highest BCUT2D eigenvalue weighted by Crippen LogP contribution is 2.46. The molecular formula is C4H9ClNO4P. The molecular weight excluding hydrogens is 192 g/mol. The van der Waals surface area contributed by atoms with E-state index in [0.29, 0.717) is 0 Å². The molecule has 0 bridgehead atoms. The molecule has 0 aliphatic heterocycles. The van der Waals surface area contributed by atoms with E-state index in [2.05, 4.69) is 14.2 Å². The molecule has 7 heteroatoms. The van der Waals surface area contributed by atoms with Crippen LogP contribution in [-0.2, 0) is 13.6 Å². The van der Waals surface area contributed by atoms with Crippen LogP contribution in [0.5, 0.6) is 0 Å². The number of halogens is 1. The smallest absolute Gasteiger partial charge is 0.337 e. The third kappa shape index (κ3) is 3.72. The fraction of sp³-hybridized carbons (Fsp3) is 0.750. The van der Waals surface area contributed by atoms with Crippen LogP contribution in [0.4, 0.5) is 0 Å². The molecule has 0 atom stereocenters. The van der Waals surface area contributed by atoms with Crippen LogP contribution in [0, 0.1) is 0 Å². The van der Waals surface area contributed by atoms with Crippen LogP contribution in [0.2, 0.25) is 0 Å². The van der Waals surface area contributed by atoms with Crippen LogP contribution >= 0.6 is 19.2 Å². The maximum atomic E-state index is 11.2. The van der Waals surface area contributed by atoms with Crippen LogP contribution < -0.4 is 0 Å². The predicted molar refractivity (Wildman–Crippen MR) is 41.6 cm³/mol. The van der Waals surface area contributed by atoms with Gasteiger partial charge in [-0.25, -0.2) is 0 Å². The van der Waals surface area contributed by atoms with E-state index < -0.39 is 7.60 Å². The third-order valence-electron chi connectivity index (χ3n) is 0.989. The molecule has 0 rings (SSSR count). The summed E-state index contributed by atoms with van der Waals surface area (Å²) in [5.41, 5.74) is 0. The molecule has 0 aromatic heterocycles. The molecule has 0 spiro atoms. The fourth-order valence-corrected chi connectivity index (χ4v) is 1.62. The average Bonchev–Trinajstić information content (AvgIpc) is 2.04. The summed E-state index contributed by atoms with van der Waals surface area (Å²) < 4.78 is 20.2. The van der Waals surface area contributed by atoms with Crippen LogP contribution in [-0.4, -0.2) is 30.8 Å². The van der Waals surface area contributed by atoms with E-state index in [1.807, 2.05) is 0 Å². The number of hydrogen-bond donors (Lipinski definition) is 1. The Labute approximate surface area is 69.5 Å². The zero-order valence-electron chi connectivity index (χ0n) is 6.15. The van der Waals surface area contributed by atoms with E-state index in [4.69, 9.17) is 16.8 Å². The first-order chi connectivity index (χ1) is 5.08. The van der Waals surface area contributed by atoms with Gasteiger partial charge in [0.2, 0.25) is 0 Å². The summed E-state index contributed by atoms with van der Waals surface area (Å²) in [5.74, 6) is 0. The molecule has 0 unspecified atom stereocenters. The second kappa shape index (κ2) is 4.72. The maximum Gasteiger partial charge on any atom is 0.337 e. The Kier molecular flexibility index (Phi) is 4.68. The predicted octanol–water partition coefficient (Wildman–Crippen LogP) is 1.50. The normalized spacial score (nSPS) is 13.5. The quantitative estimate of drug-likeness (QED) is 0.324. The van der Waals surface area contributed by atoms with Crippen LogP contribution in [0.3, 0.4) is 0 Å². The lowest BCUT2D eigenvalue weighted by atomic mass is 10.9. The SMILES string of the molecule is COP(=O)(C/C(Cl)=N/O)OC. The van der Waals surface area contributed by atoms with Gasteiger partial charge < -0.3 is 14.3 Å². The number of rotatable bonds is 4. The molecule has 66 valence electrons. The van der Waals surface area contributed by atoms with Crippen LogP contribution in [0.25, 0.3) is 0 Å². The molecule has 0 aromatic carbocycles. The summed E-state index contributed by atoms with van der Waals surface area (Å²) in [6, 6.07) is 0. The second-order valence-corrected chi connectivity index (χ2v) is 4.32. The highest BCUT2D eigenvalue weighted by atomic mass is 35.5. The van der Waals surface area contributed by atoms with E-state index in [1.54, 1.807) is 0 Å². The molecule has 1 N–H and O–H groups in total. The third-order valence-corrected chi connectivity index (χ3v) is 3.18. The Morgan fingerprint density at radius 3 is 2.36 bits per heavy atom. The van der Waals surface area contributed by atoms with Crippen LogP contribution in [0.15, 0.2) is 5.16 Å². The maximum absolute atomic E-state index is 11.2. The number of hydrogen-bond acceptors (Lipinski definition) is 5. The van der Waals surface area contributed by atoms with Crippen molar-refractivity contribution in [2.75, 3.05) is 20.4 Å². The van der Waals surface area contributed by atoms with Gasteiger partial charge in [0, 0.05) is 14.2 Å². The van der Waals surface area contributed by atoms with E-state index in [1.165, 1.54) is 14.2 Å². The lowest BCUT2D eigenvalue weighted by Crippen LogP contribution is -2.01. The van der Waals surface area contributed by atoms with Crippen molar-refractivity contribution in [1.29, 1.82) is 0 Å². The van der Waals surface area contributed by atoms with E-state index in [9.17, 15) is 4.57 Å². The number of nitrogens with zero attached hydrogens (tertiary/aromatic N) is 1. The van der Waals surface area contributed by atoms with Crippen molar-refractivity contribution in [3.63, 3.8) is 0 Å². The molecule has 0 aliphatic carbocycles. The first-order valence-electron chi connectivity index (χ1n) is 2.65. The lowest BCUT2D eigenvalue weighted by Gasteiger charge is -2.10. The van der Waals surface area contributed by atoms with Gasteiger partial charge in [0.1, 0.15) is 6.16 Å². The highest BCUT2D eigenvalue weighted by molar-refractivity contribution is 7.55. The van der Waals surface area contributed by atoms with E-state index in [-0.39, 0.29) is 11.3 Å². The summed E-state index contributed by atoms with van der Waals surface area (Å²) in [7, 11) is -0.721. The molecule has 0 saturated carbocycles. The Bertz CT molecular complexity index is 187. The van der Waals surface area contributed by atoms with E-state index in [0.717, 1.165) is 0 Å².